The summed E-state index contributed by atoms with van der Waals surface area (Å²) in [6.07, 6.45) is -2.50. The third kappa shape index (κ3) is 5.52. The SMILES string of the molecule is CCNC(=NCc1ccc(C(F)(F)F)cc1)NCc1cnc(C)s1. The summed E-state index contributed by atoms with van der Waals surface area (Å²) in [5.41, 5.74) is 0.0645. The van der Waals surface area contributed by atoms with Gasteiger partial charge in [0.1, 0.15) is 0 Å². The van der Waals surface area contributed by atoms with Crippen LogP contribution in [0, 0.1) is 6.92 Å². The number of nitrogens with one attached hydrogen (secondary N) is 2. The van der Waals surface area contributed by atoms with E-state index >= 15 is 0 Å². The molecule has 0 aliphatic rings. The summed E-state index contributed by atoms with van der Waals surface area (Å²) in [4.78, 5) is 9.67. The molecule has 2 rings (SSSR count). The Morgan fingerprint density at radius 2 is 1.92 bits per heavy atom. The van der Waals surface area contributed by atoms with Crippen molar-refractivity contribution < 1.29 is 13.2 Å². The zero-order valence-corrected chi connectivity index (χ0v) is 14.3. The maximum absolute atomic E-state index is 12.5. The molecule has 0 saturated carbocycles. The van der Waals surface area contributed by atoms with Gasteiger partial charge in [0.05, 0.1) is 23.7 Å². The smallest absolute Gasteiger partial charge is 0.357 e. The second-order valence-corrected chi connectivity index (χ2v) is 6.41. The average Bonchev–Trinajstić information content (AvgIpc) is 2.95. The minimum atomic E-state index is -4.31. The van der Waals surface area contributed by atoms with E-state index < -0.39 is 11.7 Å². The zero-order chi connectivity index (χ0) is 17.6. The molecule has 0 aliphatic heterocycles. The van der Waals surface area contributed by atoms with Crippen molar-refractivity contribution in [2.45, 2.75) is 33.1 Å². The van der Waals surface area contributed by atoms with Gasteiger partial charge in [-0.15, -0.1) is 11.3 Å². The normalized spacial score (nSPS) is 12.3. The van der Waals surface area contributed by atoms with Crippen molar-refractivity contribution in [3.05, 3.63) is 51.5 Å². The van der Waals surface area contributed by atoms with Crippen LogP contribution in [0.1, 0.15) is 27.9 Å². The van der Waals surface area contributed by atoms with Crippen molar-refractivity contribution in [2.24, 2.45) is 4.99 Å². The number of rotatable bonds is 5. The Morgan fingerprint density at radius 1 is 1.21 bits per heavy atom. The molecule has 0 radical (unpaired) electrons. The van der Waals surface area contributed by atoms with Crippen molar-refractivity contribution in [1.29, 1.82) is 0 Å². The van der Waals surface area contributed by atoms with E-state index in [0.717, 1.165) is 22.0 Å². The van der Waals surface area contributed by atoms with E-state index in [2.05, 4.69) is 20.6 Å². The average molecular weight is 356 g/mol. The largest absolute Gasteiger partial charge is 0.416 e. The maximum atomic E-state index is 12.5. The van der Waals surface area contributed by atoms with Gasteiger partial charge in [-0.2, -0.15) is 13.2 Å². The minimum absolute atomic E-state index is 0.301. The van der Waals surface area contributed by atoms with Crippen LogP contribution in [0.2, 0.25) is 0 Å². The van der Waals surface area contributed by atoms with Gasteiger partial charge in [-0.3, -0.25) is 0 Å². The highest BCUT2D eigenvalue weighted by Crippen LogP contribution is 2.29. The summed E-state index contributed by atoms with van der Waals surface area (Å²) < 4.78 is 37.6. The summed E-state index contributed by atoms with van der Waals surface area (Å²) in [7, 11) is 0. The molecule has 130 valence electrons. The number of alkyl halides is 3. The van der Waals surface area contributed by atoms with Crippen LogP contribution < -0.4 is 10.6 Å². The van der Waals surface area contributed by atoms with Crippen LogP contribution in [0.5, 0.6) is 0 Å². The van der Waals surface area contributed by atoms with E-state index in [1.807, 2.05) is 20.0 Å². The Balaban J connectivity index is 1.97. The number of aliphatic imine (C=N–C) groups is 1. The number of thiazole rings is 1. The highest BCUT2D eigenvalue weighted by Gasteiger charge is 2.29. The molecule has 8 heteroatoms. The molecule has 24 heavy (non-hydrogen) atoms. The van der Waals surface area contributed by atoms with Crippen LogP contribution in [0.15, 0.2) is 35.5 Å². The van der Waals surface area contributed by atoms with Crippen LogP contribution >= 0.6 is 11.3 Å². The van der Waals surface area contributed by atoms with E-state index in [-0.39, 0.29) is 0 Å². The number of hydrogen-bond donors (Lipinski definition) is 2. The number of halogens is 3. The van der Waals surface area contributed by atoms with Gasteiger partial charge < -0.3 is 10.6 Å². The van der Waals surface area contributed by atoms with Crippen molar-refractivity contribution >= 4 is 17.3 Å². The summed E-state index contributed by atoms with van der Waals surface area (Å²) in [6, 6.07) is 5.04. The van der Waals surface area contributed by atoms with Crippen molar-refractivity contribution in [3.63, 3.8) is 0 Å². The van der Waals surface area contributed by atoms with E-state index in [1.165, 1.54) is 12.1 Å². The van der Waals surface area contributed by atoms with Gasteiger partial charge in [-0.1, -0.05) is 12.1 Å². The first-order valence-corrected chi connectivity index (χ1v) is 8.29. The third-order valence-electron chi connectivity index (χ3n) is 3.14. The molecule has 4 nitrogen and oxygen atoms in total. The Kier molecular flexibility index (Phi) is 6.19. The first kappa shape index (κ1) is 18.3. The van der Waals surface area contributed by atoms with E-state index in [0.29, 0.717) is 31.2 Å². The Hall–Kier alpha value is -2.09. The van der Waals surface area contributed by atoms with Crippen molar-refractivity contribution in [2.75, 3.05) is 6.54 Å². The standard InChI is InChI=1S/C16H19F3N4S/c1-3-20-15(23-10-14-9-21-11(2)24-14)22-8-12-4-6-13(7-5-12)16(17,18)19/h4-7,9H,3,8,10H2,1-2H3,(H2,20,22,23). The molecule has 0 bridgehead atoms. The summed E-state index contributed by atoms with van der Waals surface area (Å²) in [6.45, 7) is 5.49. The van der Waals surface area contributed by atoms with Crippen LogP contribution in [-0.4, -0.2) is 17.5 Å². The quantitative estimate of drug-likeness (QED) is 0.634. The molecular weight excluding hydrogens is 337 g/mol. The third-order valence-corrected chi connectivity index (χ3v) is 4.06. The molecule has 0 fully saturated rings. The summed E-state index contributed by atoms with van der Waals surface area (Å²) in [5, 5.41) is 7.29. The molecule has 1 heterocycles. The predicted octanol–water partition coefficient (Wildman–Crippen LogP) is 3.73. The minimum Gasteiger partial charge on any atom is -0.357 e. The molecule has 0 amide bonds. The van der Waals surface area contributed by atoms with E-state index in [4.69, 9.17) is 0 Å². The second kappa shape index (κ2) is 8.14. The zero-order valence-electron chi connectivity index (χ0n) is 13.4. The Labute approximate surface area is 142 Å². The monoisotopic (exact) mass is 356 g/mol. The van der Waals surface area contributed by atoms with Crippen LogP contribution in [-0.2, 0) is 19.3 Å². The van der Waals surface area contributed by atoms with Crippen LogP contribution in [0.4, 0.5) is 13.2 Å². The van der Waals surface area contributed by atoms with Gasteiger partial charge >= 0.3 is 6.18 Å². The number of nitrogens with zero attached hydrogens (tertiary/aromatic N) is 2. The lowest BCUT2D eigenvalue weighted by Gasteiger charge is -2.11. The lowest BCUT2D eigenvalue weighted by molar-refractivity contribution is -0.137. The number of benzene rings is 1. The molecule has 0 spiro atoms. The first-order valence-electron chi connectivity index (χ1n) is 7.48. The van der Waals surface area contributed by atoms with Gasteiger partial charge in [-0.05, 0) is 31.5 Å². The predicted molar refractivity (Wildman–Crippen MR) is 90.0 cm³/mol. The lowest BCUT2D eigenvalue weighted by Crippen LogP contribution is -2.36. The molecule has 0 unspecified atom stereocenters. The molecule has 1 aromatic heterocycles. The van der Waals surface area contributed by atoms with Gasteiger partial charge in [-0.25, -0.2) is 9.98 Å². The van der Waals surface area contributed by atoms with Gasteiger partial charge in [0.25, 0.3) is 0 Å². The van der Waals surface area contributed by atoms with Gasteiger partial charge in [0.2, 0.25) is 0 Å². The number of hydrogen-bond acceptors (Lipinski definition) is 3. The fraction of sp³-hybridized carbons (Fsp3) is 0.375. The Morgan fingerprint density at radius 3 is 2.46 bits per heavy atom. The summed E-state index contributed by atoms with van der Waals surface area (Å²) in [5.74, 6) is 0.614. The molecule has 2 N–H and O–H groups in total. The number of aryl methyl sites for hydroxylation is 1. The summed E-state index contributed by atoms with van der Waals surface area (Å²) >= 11 is 1.60. The second-order valence-electron chi connectivity index (χ2n) is 5.09. The van der Waals surface area contributed by atoms with Crippen LogP contribution in [0.3, 0.4) is 0 Å². The number of aromatic nitrogens is 1. The highest BCUT2D eigenvalue weighted by molar-refractivity contribution is 7.11. The maximum Gasteiger partial charge on any atom is 0.416 e. The first-order chi connectivity index (χ1) is 11.4. The van der Waals surface area contributed by atoms with Gasteiger partial charge in [0.15, 0.2) is 5.96 Å². The molecular formula is C16H19F3N4S. The molecule has 1 aromatic carbocycles. The van der Waals surface area contributed by atoms with E-state index in [1.54, 1.807) is 11.3 Å². The Bertz CT molecular complexity index is 677. The number of guanidine groups is 1. The van der Waals surface area contributed by atoms with Crippen LogP contribution in [0.25, 0.3) is 0 Å². The fourth-order valence-electron chi connectivity index (χ4n) is 1.97. The van der Waals surface area contributed by atoms with E-state index in [9.17, 15) is 13.2 Å². The van der Waals surface area contributed by atoms with Crippen molar-refractivity contribution in [3.8, 4) is 0 Å². The topological polar surface area (TPSA) is 49.3 Å². The molecule has 2 aromatic rings. The molecule has 0 saturated heterocycles. The lowest BCUT2D eigenvalue weighted by atomic mass is 10.1. The van der Waals surface area contributed by atoms with Crippen molar-refractivity contribution in [1.82, 2.24) is 15.6 Å². The molecule has 0 atom stereocenters. The molecule has 0 aliphatic carbocycles. The fourth-order valence-corrected chi connectivity index (χ4v) is 2.70. The highest BCUT2D eigenvalue weighted by atomic mass is 32.1. The van der Waals surface area contributed by atoms with Gasteiger partial charge in [0, 0.05) is 17.6 Å².